The minimum absolute atomic E-state index is 0.0794. The molecular formula is C22H21FN2O4. The minimum atomic E-state index is -1.13. The van der Waals surface area contributed by atoms with Crippen molar-refractivity contribution in [2.45, 2.75) is 32.8 Å². The summed E-state index contributed by atoms with van der Waals surface area (Å²) in [6, 6.07) is 14.1. The van der Waals surface area contributed by atoms with Crippen LogP contribution in [0, 0.1) is 19.7 Å². The largest absolute Gasteiger partial charge is 0.447 e. The molecule has 0 aliphatic carbocycles. The Labute approximate surface area is 167 Å². The molecule has 1 N–H and O–H groups in total. The molecule has 0 radical (unpaired) electrons. The van der Waals surface area contributed by atoms with Crippen molar-refractivity contribution in [2.75, 3.05) is 5.32 Å². The van der Waals surface area contributed by atoms with Crippen molar-refractivity contribution < 1.29 is 23.2 Å². The summed E-state index contributed by atoms with van der Waals surface area (Å²) in [6.45, 7) is 3.59. The number of ether oxygens (including phenoxy) is 1. The Morgan fingerprint density at radius 2 is 1.79 bits per heavy atom. The summed E-state index contributed by atoms with van der Waals surface area (Å²) in [5.74, 6) is -0.793. The highest BCUT2D eigenvalue weighted by Gasteiger charge is 2.25. The van der Waals surface area contributed by atoms with Crippen LogP contribution in [-0.4, -0.2) is 17.0 Å². The fourth-order valence-electron chi connectivity index (χ4n) is 2.92. The number of carbonyl (C=O) groups is 2. The second-order valence-electron chi connectivity index (χ2n) is 6.58. The highest BCUT2D eigenvalue weighted by molar-refractivity contribution is 5.96. The van der Waals surface area contributed by atoms with Crippen molar-refractivity contribution in [1.29, 1.82) is 0 Å². The van der Waals surface area contributed by atoms with Gasteiger partial charge in [-0.15, -0.1) is 0 Å². The molecule has 1 aromatic heterocycles. The summed E-state index contributed by atoms with van der Waals surface area (Å²) in [6.07, 6.45) is -0.643. The first-order valence-corrected chi connectivity index (χ1v) is 9.16. The average molecular weight is 396 g/mol. The normalized spacial score (nSPS) is 11.7. The monoisotopic (exact) mass is 396 g/mol. The Bertz CT molecular complexity index is 964. The first kappa shape index (κ1) is 20.3. The molecule has 3 aromatic rings. The van der Waals surface area contributed by atoms with Crippen molar-refractivity contribution in [3.05, 3.63) is 83.0 Å². The summed E-state index contributed by atoms with van der Waals surface area (Å²) in [5, 5.41) is 6.52. The molecule has 1 atom stereocenters. The van der Waals surface area contributed by atoms with Crippen LogP contribution in [0.2, 0.25) is 0 Å². The zero-order chi connectivity index (χ0) is 20.8. The predicted molar refractivity (Wildman–Crippen MR) is 105 cm³/mol. The molecular weight excluding hydrogens is 375 g/mol. The third kappa shape index (κ3) is 5.28. The molecule has 0 aliphatic heterocycles. The van der Waals surface area contributed by atoms with Crippen LogP contribution < -0.4 is 5.32 Å². The lowest BCUT2D eigenvalue weighted by Gasteiger charge is -2.18. The van der Waals surface area contributed by atoms with Crippen molar-refractivity contribution in [3.8, 4) is 0 Å². The van der Waals surface area contributed by atoms with Gasteiger partial charge in [-0.3, -0.25) is 9.59 Å². The third-order valence-corrected chi connectivity index (χ3v) is 4.46. The van der Waals surface area contributed by atoms with Gasteiger partial charge in [0.25, 0.3) is 5.91 Å². The van der Waals surface area contributed by atoms with Gasteiger partial charge in [-0.05, 0) is 44.5 Å². The predicted octanol–water partition coefficient (Wildman–Crippen LogP) is 4.29. The number of aryl methyl sites for hydroxylation is 2. The highest BCUT2D eigenvalue weighted by Crippen LogP contribution is 2.22. The molecule has 0 aliphatic rings. The van der Waals surface area contributed by atoms with Gasteiger partial charge >= 0.3 is 5.97 Å². The number of anilines is 1. The lowest BCUT2D eigenvalue weighted by atomic mass is 10.1. The summed E-state index contributed by atoms with van der Waals surface area (Å²) in [4.78, 5) is 25.2. The number of halogens is 1. The molecule has 0 bridgehead atoms. The SMILES string of the molecule is Cc1noc(C)c1CCC(=O)O[C@@H](C(=O)Nc1ccc(F)cc1)c1ccccc1. The summed E-state index contributed by atoms with van der Waals surface area (Å²) < 4.78 is 23.7. The van der Waals surface area contributed by atoms with Crippen LogP contribution in [0.25, 0.3) is 0 Å². The van der Waals surface area contributed by atoms with E-state index in [0.717, 1.165) is 11.3 Å². The molecule has 0 saturated carbocycles. The highest BCUT2D eigenvalue weighted by atomic mass is 19.1. The van der Waals surface area contributed by atoms with Crippen molar-refractivity contribution in [2.24, 2.45) is 0 Å². The number of benzene rings is 2. The number of rotatable bonds is 7. The number of nitrogens with one attached hydrogen (secondary N) is 1. The topological polar surface area (TPSA) is 81.4 Å². The number of hydrogen-bond donors (Lipinski definition) is 1. The van der Waals surface area contributed by atoms with Crippen LogP contribution in [0.1, 0.15) is 35.1 Å². The Hall–Kier alpha value is -3.48. The Kier molecular flexibility index (Phi) is 6.39. The Morgan fingerprint density at radius 3 is 2.41 bits per heavy atom. The van der Waals surface area contributed by atoms with Gasteiger partial charge in [0.15, 0.2) is 0 Å². The number of esters is 1. The number of aromatic nitrogens is 1. The molecule has 1 heterocycles. The lowest BCUT2D eigenvalue weighted by molar-refractivity contribution is -0.154. The second-order valence-corrected chi connectivity index (χ2v) is 6.58. The van der Waals surface area contributed by atoms with Gasteiger partial charge in [-0.1, -0.05) is 35.5 Å². The van der Waals surface area contributed by atoms with Gasteiger partial charge in [0.05, 0.1) is 5.69 Å². The van der Waals surface area contributed by atoms with Crippen LogP contribution >= 0.6 is 0 Å². The van der Waals surface area contributed by atoms with Gasteiger partial charge in [0.1, 0.15) is 11.6 Å². The van der Waals surface area contributed by atoms with E-state index >= 15 is 0 Å². The van der Waals surface area contributed by atoms with Crippen molar-refractivity contribution in [3.63, 3.8) is 0 Å². The minimum Gasteiger partial charge on any atom is -0.447 e. The molecule has 6 nitrogen and oxygen atoms in total. The van der Waals surface area contributed by atoms with Gasteiger partial charge in [-0.25, -0.2) is 4.39 Å². The summed E-state index contributed by atoms with van der Waals surface area (Å²) in [7, 11) is 0. The maximum absolute atomic E-state index is 13.1. The van der Waals surface area contributed by atoms with E-state index < -0.39 is 23.8 Å². The third-order valence-electron chi connectivity index (χ3n) is 4.46. The van der Waals surface area contributed by atoms with E-state index in [1.807, 2.05) is 0 Å². The van der Waals surface area contributed by atoms with Crippen molar-refractivity contribution >= 4 is 17.6 Å². The maximum Gasteiger partial charge on any atom is 0.307 e. The van der Waals surface area contributed by atoms with E-state index in [-0.39, 0.29) is 6.42 Å². The first-order chi connectivity index (χ1) is 13.9. The molecule has 29 heavy (non-hydrogen) atoms. The van der Waals surface area contributed by atoms with Gasteiger partial charge in [0.2, 0.25) is 6.10 Å². The van der Waals surface area contributed by atoms with E-state index in [9.17, 15) is 14.0 Å². The molecule has 0 unspecified atom stereocenters. The molecule has 0 fully saturated rings. The molecule has 3 rings (SSSR count). The molecule has 0 saturated heterocycles. The summed E-state index contributed by atoms with van der Waals surface area (Å²) in [5.41, 5.74) is 2.53. The van der Waals surface area contributed by atoms with Gasteiger partial charge < -0.3 is 14.6 Å². The van der Waals surface area contributed by atoms with E-state index in [0.29, 0.717) is 23.4 Å². The van der Waals surface area contributed by atoms with E-state index in [4.69, 9.17) is 9.26 Å². The number of carbonyl (C=O) groups excluding carboxylic acids is 2. The van der Waals surface area contributed by atoms with E-state index in [1.54, 1.807) is 44.2 Å². The van der Waals surface area contributed by atoms with Crippen LogP contribution in [0.3, 0.4) is 0 Å². The van der Waals surface area contributed by atoms with Crippen LogP contribution in [0.5, 0.6) is 0 Å². The number of hydrogen-bond acceptors (Lipinski definition) is 5. The fourth-order valence-corrected chi connectivity index (χ4v) is 2.92. The number of amides is 1. The zero-order valence-electron chi connectivity index (χ0n) is 16.1. The molecule has 2 aromatic carbocycles. The lowest BCUT2D eigenvalue weighted by Crippen LogP contribution is -2.26. The summed E-state index contributed by atoms with van der Waals surface area (Å²) >= 11 is 0. The standard InChI is InChI=1S/C22H21FN2O4/c1-14-19(15(2)29-25-14)12-13-20(26)28-21(16-6-4-3-5-7-16)22(27)24-18-10-8-17(23)9-11-18/h3-11,21H,12-13H2,1-2H3,(H,24,27)/t21-/m1/s1. The van der Waals surface area contributed by atoms with Gasteiger partial charge in [0, 0.05) is 23.2 Å². The zero-order valence-corrected chi connectivity index (χ0v) is 16.1. The van der Waals surface area contributed by atoms with Crippen LogP contribution in [0.4, 0.5) is 10.1 Å². The van der Waals surface area contributed by atoms with Crippen LogP contribution in [-0.2, 0) is 20.7 Å². The quantitative estimate of drug-likeness (QED) is 0.603. The number of nitrogens with zero attached hydrogens (tertiary/aromatic N) is 1. The maximum atomic E-state index is 13.1. The smallest absolute Gasteiger partial charge is 0.307 e. The van der Waals surface area contributed by atoms with Gasteiger partial charge in [-0.2, -0.15) is 0 Å². The molecule has 150 valence electrons. The van der Waals surface area contributed by atoms with E-state index in [1.165, 1.54) is 24.3 Å². The van der Waals surface area contributed by atoms with Crippen LogP contribution in [0.15, 0.2) is 59.1 Å². The Balaban J connectivity index is 1.70. The van der Waals surface area contributed by atoms with E-state index in [2.05, 4.69) is 10.5 Å². The average Bonchev–Trinajstić information content (AvgIpc) is 3.04. The first-order valence-electron chi connectivity index (χ1n) is 9.16. The molecule has 7 heteroatoms. The molecule has 1 amide bonds. The molecule has 0 spiro atoms. The van der Waals surface area contributed by atoms with Crippen molar-refractivity contribution in [1.82, 2.24) is 5.16 Å². The Morgan fingerprint density at radius 1 is 1.10 bits per heavy atom. The fraction of sp³-hybridized carbons (Fsp3) is 0.227. The second kappa shape index (κ2) is 9.14.